The van der Waals surface area contributed by atoms with E-state index >= 15 is 0 Å². The first kappa shape index (κ1) is 18.8. The lowest BCUT2D eigenvalue weighted by atomic mass is 10.2. The third kappa shape index (κ3) is 4.52. The van der Waals surface area contributed by atoms with E-state index in [1.807, 2.05) is 13.8 Å². The first-order valence-corrected chi connectivity index (χ1v) is 9.52. The molecule has 0 unspecified atom stereocenters. The minimum atomic E-state index is -3.78. The Bertz CT molecular complexity index is 681. The van der Waals surface area contributed by atoms with Gasteiger partial charge in [-0.1, -0.05) is 25.1 Å². The van der Waals surface area contributed by atoms with Crippen LogP contribution in [0.15, 0.2) is 24.3 Å². The Morgan fingerprint density at radius 3 is 2.62 bits per heavy atom. The predicted molar refractivity (Wildman–Crippen MR) is 89.8 cm³/mol. The Morgan fingerprint density at radius 2 is 1.96 bits per heavy atom. The van der Waals surface area contributed by atoms with Gasteiger partial charge in [-0.3, -0.25) is 4.79 Å². The van der Waals surface area contributed by atoms with Crippen LogP contribution in [0.25, 0.3) is 0 Å². The summed E-state index contributed by atoms with van der Waals surface area (Å²) in [5.74, 6) is -0.750. The van der Waals surface area contributed by atoms with Gasteiger partial charge in [0.1, 0.15) is 5.82 Å². The van der Waals surface area contributed by atoms with E-state index in [9.17, 15) is 17.6 Å². The number of benzene rings is 1. The van der Waals surface area contributed by atoms with Crippen LogP contribution in [0.5, 0.6) is 0 Å². The molecule has 8 heteroatoms. The molecule has 1 heterocycles. The van der Waals surface area contributed by atoms with Crippen molar-refractivity contribution in [1.82, 2.24) is 13.9 Å². The summed E-state index contributed by atoms with van der Waals surface area (Å²) >= 11 is 0. The number of halogens is 1. The van der Waals surface area contributed by atoms with Crippen LogP contribution in [0.4, 0.5) is 4.39 Å². The van der Waals surface area contributed by atoms with Crippen molar-refractivity contribution in [2.75, 3.05) is 19.6 Å². The standard InChI is InChI=1S/C16H24FN3O3S/c1-3-13(2)18-16(21)12-20-10-6-9-19(24(20,22)23)11-14-7-4-5-8-15(14)17/h4-5,7-8,13H,3,6,9-12H2,1-2H3,(H,18,21)/t13-/m1/s1. The zero-order chi connectivity index (χ0) is 17.7. The first-order valence-electron chi connectivity index (χ1n) is 8.12. The van der Waals surface area contributed by atoms with E-state index in [0.717, 1.165) is 10.7 Å². The van der Waals surface area contributed by atoms with Crippen molar-refractivity contribution in [2.45, 2.75) is 39.3 Å². The Kier molecular flexibility index (Phi) is 6.31. The van der Waals surface area contributed by atoms with Crippen LogP contribution < -0.4 is 5.32 Å². The highest BCUT2D eigenvalue weighted by Gasteiger charge is 2.35. The molecule has 0 aromatic heterocycles. The van der Waals surface area contributed by atoms with Crippen LogP contribution >= 0.6 is 0 Å². The highest BCUT2D eigenvalue weighted by molar-refractivity contribution is 7.86. The Hall–Kier alpha value is -1.51. The van der Waals surface area contributed by atoms with Crippen LogP contribution in [-0.2, 0) is 21.5 Å². The molecule has 134 valence electrons. The van der Waals surface area contributed by atoms with Gasteiger partial charge in [-0.15, -0.1) is 0 Å². The Labute approximate surface area is 142 Å². The maximum Gasteiger partial charge on any atom is 0.282 e. The van der Waals surface area contributed by atoms with Gasteiger partial charge >= 0.3 is 0 Å². The lowest BCUT2D eigenvalue weighted by Gasteiger charge is -2.34. The average molecular weight is 357 g/mol. The first-order chi connectivity index (χ1) is 11.3. The molecule has 1 saturated heterocycles. The van der Waals surface area contributed by atoms with Crippen LogP contribution in [0.1, 0.15) is 32.3 Å². The second kappa shape index (κ2) is 8.04. The molecule has 0 bridgehead atoms. The average Bonchev–Trinajstić information content (AvgIpc) is 2.53. The number of carbonyl (C=O) groups excluding carboxylic acids is 1. The van der Waals surface area contributed by atoms with Crippen LogP contribution in [0, 0.1) is 5.82 Å². The predicted octanol–water partition coefficient (Wildman–Crippen LogP) is 1.49. The quantitative estimate of drug-likeness (QED) is 0.839. The summed E-state index contributed by atoms with van der Waals surface area (Å²) in [4.78, 5) is 12.0. The zero-order valence-electron chi connectivity index (χ0n) is 14.0. The number of rotatable bonds is 6. The van der Waals surface area contributed by atoms with Gasteiger partial charge < -0.3 is 5.32 Å². The van der Waals surface area contributed by atoms with Crippen molar-refractivity contribution in [3.8, 4) is 0 Å². The number of nitrogens with one attached hydrogen (secondary N) is 1. The number of hydrogen-bond acceptors (Lipinski definition) is 3. The van der Waals surface area contributed by atoms with E-state index in [-0.39, 0.29) is 25.0 Å². The lowest BCUT2D eigenvalue weighted by Crippen LogP contribution is -2.52. The second-order valence-electron chi connectivity index (χ2n) is 6.00. The molecule has 1 aliphatic heterocycles. The number of hydrogen-bond donors (Lipinski definition) is 1. The van der Waals surface area contributed by atoms with Crippen molar-refractivity contribution in [1.29, 1.82) is 0 Å². The van der Waals surface area contributed by atoms with Gasteiger partial charge in [0.25, 0.3) is 10.2 Å². The van der Waals surface area contributed by atoms with Crippen LogP contribution in [0.2, 0.25) is 0 Å². The maximum absolute atomic E-state index is 13.8. The molecule has 0 aliphatic carbocycles. The smallest absolute Gasteiger partial charge is 0.282 e. The Morgan fingerprint density at radius 1 is 1.29 bits per heavy atom. The van der Waals surface area contributed by atoms with E-state index in [1.165, 1.54) is 10.4 Å². The van der Waals surface area contributed by atoms with Gasteiger partial charge in [0.15, 0.2) is 0 Å². The summed E-state index contributed by atoms with van der Waals surface area (Å²) < 4.78 is 41.5. The molecule has 6 nitrogen and oxygen atoms in total. The van der Waals surface area contributed by atoms with Gasteiger partial charge in [-0.05, 0) is 25.8 Å². The minimum absolute atomic E-state index is 0.000452. The fourth-order valence-corrected chi connectivity index (χ4v) is 4.17. The van der Waals surface area contributed by atoms with E-state index < -0.39 is 16.0 Å². The van der Waals surface area contributed by atoms with Crippen molar-refractivity contribution < 1.29 is 17.6 Å². The molecule has 2 rings (SSSR count). The molecule has 1 aromatic rings. The lowest BCUT2D eigenvalue weighted by molar-refractivity contribution is -0.122. The molecular formula is C16H24FN3O3S. The van der Waals surface area contributed by atoms with Crippen LogP contribution in [-0.4, -0.2) is 48.6 Å². The molecule has 1 fully saturated rings. The summed E-state index contributed by atoms with van der Waals surface area (Å²) in [6.45, 7) is 4.19. The molecule has 24 heavy (non-hydrogen) atoms. The topological polar surface area (TPSA) is 69.7 Å². The van der Waals surface area contributed by atoms with E-state index in [1.54, 1.807) is 18.2 Å². The van der Waals surface area contributed by atoms with E-state index in [2.05, 4.69) is 5.32 Å². The van der Waals surface area contributed by atoms with Crippen molar-refractivity contribution in [2.24, 2.45) is 0 Å². The van der Waals surface area contributed by atoms with Gasteiger partial charge in [-0.2, -0.15) is 17.0 Å². The molecule has 0 spiro atoms. The number of carbonyl (C=O) groups is 1. The molecule has 1 atom stereocenters. The van der Waals surface area contributed by atoms with Crippen molar-refractivity contribution >= 4 is 16.1 Å². The van der Waals surface area contributed by atoms with Crippen LogP contribution in [0.3, 0.4) is 0 Å². The molecule has 0 saturated carbocycles. The number of amides is 1. The van der Waals surface area contributed by atoms with Gasteiger partial charge in [0.05, 0.1) is 6.54 Å². The van der Waals surface area contributed by atoms with E-state index in [4.69, 9.17) is 0 Å². The number of nitrogens with zero attached hydrogens (tertiary/aromatic N) is 2. The molecule has 1 N–H and O–H groups in total. The Balaban J connectivity index is 2.07. The van der Waals surface area contributed by atoms with Crippen molar-refractivity contribution in [3.63, 3.8) is 0 Å². The molecule has 1 amide bonds. The fourth-order valence-electron chi connectivity index (χ4n) is 2.54. The second-order valence-corrected chi connectivity index (χ2v) is 7.93. The molecule has 0 radical (unpaired) electrons. The monoisotopic (exact) mass is 357 g/mol. The summed E-state index contributed by atoms with van der Waals surface area (Å²) in [5, 5.41) is 2.76. The van der Waals surface area contributed by atoms with Gasteiger partial charge in [0.2, 0.25) is 5.91 Å². The molecule has 1 aliphatic rings. The van der Waals surface area contributed by atoms with Gasteiger partial charge in [0, 0.05) is 31.2 Å². The van der Waals surface area contributed by atoms with E-state index in [0.29, 0.717) is 25.1 Å². The molecular weight excluding hydrogens is 333 g/mol. The highest BCUT2D eigenvalue weighted by atomic mass is 32.2. The third-order valence-corrected chi connectivity index (χ3v) is 6.04. The minimum Gasteiger partial charge on any atom is -0.353 e. The molecule has 1 aromatic carbocycles. The third-order valence-electron chi connectivity index (χ3n) is 4.11. The van der Waals surface area contributed by atoms with Crippen molar-refractivity contribution in [3.05, 3.63) is 35.6 Å². The van der Waals surface area contributed by atoms with Gasteiger partial charge in [-0.25, -0.2) is 4.39 Å². The summed E-state index contributed by atoms with van der Waals surface area (Å²) in [7, 11) is -3.78. The highest BCUT2D eigenvalue weighted by Crippen LogP contribution is 2.20. The fraction of sp³-hybridized carbons (Fsp3) is 0.562. The summed E-state index contributed by atoms with van der Waals surface area (Å²) in [6, 6.07) is 6.11. The zero-order valence-corrected chi connectivity index (χ0v) is 14.9. The SMILES string of the molecule is CC[C@@H](C)NC(=O)CN1CCCN(Cc2ccccc2F)S1(=O)=O. The summed E-state index contributed by atoms with van der Waals surface area (Å²) in [6.07, 6.45) is 1.38. The maximum atomic E-state index is 13.8. The largest absolute Gasteiger partial charge is 0.353 e. The summed E-state index contributed by atoms with van der Waals surface area (Å²) in [5.41, 5.74) is 0.326. The normalized spacial score (nSPS) is 19.8.